The zero-order valence-corrected chi connectivity index (χ0v) is 18.3. The molecule has 0 aliphatic heterocycles. The molecule has 2 N–H and O–H groups in total. The quantitative estimate of drug-likeness (QED) is 0.504. The van der Waals surface area contributed by atoms with Gasteiger partial charge in [0.15, 0.2) is 0 Å². The summed E-state index contributed by atoms with van der Waals surface area (Å²) in [5.74, 6) is 0.0125. The Morgan fingerprint density at radius 3 is 2.42 bits per heavy atom. The molecule has 0 bridgehead atoms. The molecular formula is C18H24Cl2NOSiTi. The first-order valence-electron chi connectivity index (χ1n) is 7.94. The van der Waals surface area contributed by atoms with Crippen molar-refractivity contribution < 1.29 is 50.0 Å². The minimum atomic E-state index is -0.412. The summed E-state index contributed by atoms with van der Waals surface area (Å²) in [5, 5.41) is 1.47. The van der Waals surface area contributed by atoms with Gasteiger partial charge in [0, 0.05) is 8.41 Å². The van der Waals surface area contributed by atoms with Crippen LogP contribution in [-0.4, -0.2) is 19.5 Å². The Balaban J connectivity index is 0.000000411. The van der Waals surface area contributed by atoms with E-state index in [1.54, 1.807) is 0 Å². The van der Waals surface area contributed by atoms with Crippen LogP contribution in [0.4, 0.5) is 0 Å². The zero-order valence-electron chi connectivity index (χ0n) is 14.2. The van der Waals surface area contributed by atoms with Gasteiger partial charge in [0.25, 0.3) is 0 Å². The second kappa shape index (κ2) is 11.4. The third kappa shape index (κ3) is 6.27. The normalized spacial score (nSPS) is 20.8. The second-order valence-electron chi connectivity index (χ2n) is 6.19. The van der Waals surface area contributed by atoms with Gasteiger partial charge in [-0.25, -0.2) is 0 Å². The van der Waals surface area contributed by atoms with E-state index in [4.69, 9.17) is 5.73 Å². The van der Waals surface area contributed by atoms with Crippen LogP contribution in [0.2, 0.25) is 13.1 Å². The fourth-order valence-electron chi connectivity index (χ4n) is 3.17. The van der Waals surface area contributed by atoms with Gasteiger partial charge in [-0.15, -0.1) is 0 Å². The molecule has 1 saturated carbocycles. The molecule has 2 nitrogen and oxygen atoms in total. The molecule has 24 heavy (non-hydrogen) atoms. The van der Waals surface area contributed by atoms with Crippen LogP contribution in [0.25, 0.3) is 6.08 Å². The number of rotatable bonds is 1. The van der Waals surface area contributed by atoms with E-state index in [0.717, 1.165) is 12.8 Å². The van der Waals surface area contributed by atoms with Crippen molar-refractivity contribution in [3.63, 3.8) is 0 Å². The first kappa shape index (κ1) is 23.8. The molecule has 0 radical (unpaired) electrons. The molecular weight excluding hydrogens is 393 g/mol. The molecule has 129 valence electrons. The molecule has 2 atom stereocenters. The van der Waals surface area contributed by atoms with Crippen LogP contribution in [0.15, 0.2) is 30.3 Å². The first-order chi connectivity index (χ1) is 10.5. The van der Waals surface area contributed by atoms with Gasteiger partial charge in [-0.3, -0.25) is 4.79 Å². The van der Waals surface area contributed by atoms with Crippen molar-refractivity contribution >= 4 is 25.6 Å². The Morgan fingerprint density at radius 2 is 1.88 bits per heavy atom. The van der Waals surface area contributed by atoms with Crippen LogP contribution in [0, 0.1) is 5.92 Å². The first-order valence-corrected chi connectivity index (χ1v) is 11.3. The molecule has 1 fully saturated rings. The van der Waals surface area contributed by atoms with Gasteiger partial charge in [0.1, 0.15) is 0 Å². The van der Waals surface area contributed by atoms with Crippen LogP contribution in [0.1, 0.15) is 41.0 Å². The molecule has 2 aliphatic carbocycles. The molecule has 1 amide bonds. The number of halogens is 2. The number of benzene rings is 1. The number of hydrogen-bond acceptors (Lipinski definition) is 1. The topological polar surface area (TPSA) is 43.1 Å². The summed E-state index contributed by atoms with van der Waals surface area (Å²) in [6.07, 6.45) is 9.02. The van der Waals surface area contributed by atoms with E-state index < -0.39 is 8.41 Å². The van der Waals surface area contributed by atoms with E-state index in [2.05, 4.69) is 69.9 Å². The summed E-state index contributed by atoms with van der Waals surface area (Å²) in [4.78, 5) is 11.1. The molecule has 0 aromatic heterocycles. The SMILES string of the molecule is C[Si](C)=C1CCCCC1C(N)=O.[Cl-].[Cl-].[Ti+2][CH]1C=Cc2ccccc21. The summed E-state index contributed by atoms with van der Waals surface area (Å²) in [7, 11) is -0.412. The van der Waals surface area contributed by atoms with Gasteiger partial charge in [-0.1, -0.05) is 24.7 Å². The number of fused-ring (bicyclic) bond motifs is 1. The third-order valence-corrected chi connectivity index (χ3v) is 7.06. The number of hydrogen-bond donors (Lipinski definition) is 1. The molecule has 0 heterocycles. The van der Waals surface area contributed by atoms with Crippen molar-refractivity contribution in [3.8, 4) is 0 Å². The number of carbonyl (C=O) groups is 1. The van der Waals surface area contributed by atoms with Crippen molar-refractivity contribution in [2.24, 2.45) is 11.7 Å². The van der Waals surface area contributed by atoms with Crippen LogP contribution in [0.3, 0.4) is 0 Å². The molecule has 0 spiro atoms. The van der Waals surface area contributed by atoms with E-state index in [0.29, 0.717) is 4.22 Å². The average molecular weight is 417 g/mol. The molecule has 2 aliphatic rings. The van der Waals surface area contributed by atoms with E-state index in [1.807, 2.05) is 0 Å². The van der Waals surface area contributed by atoms with Gasteiger partial charge < -0.3 is 30.5 Å². The maximum absolute atomic E-state index is 11.1. The molecule has 2 unspecified atom stereocenters. The van der Waals surface area contributed by atoms with Crippen LogP contribution in [-0.2, 0) is 25.2 Å². The summed E-state index contributed by atoms with van der Waals surface area (Å²) >= 11 is 2.22. The van der Waals surface area contributed by atoms with Gasteiger partial charge in [-0.2, -0.15) is 0 Å². The summed E-state index contributed by atoms with van der Waals surface area (Å²) < 4.78 is 0.621. The number of allylic oxidation sites excluding steroid dienone is 1. The monoisotopic (exact) mass is 416 g/mol. The van der Waals surface area contributed by atoms with Gasteiger partial charge in [0.2, 0.25) is 5.91 Å². The van der Waals surface area contributed by atoms with E-state index in [-0.39, 0.29) is 36.6 Å². The number of amides is 1. The fourth-order valence-corrected chi connectivity index (χ4v) is 5.40. The number of nitrogens with two attached hydrogens (primary N) is 1. The Hall–Kier alpha value is -0.189. The summed E-state index contributed by atoms with van der Waals surface area (Å²) in [6.45, 7) is 4.50. The van der Waals surface area contributed by atoms with Crippen molar-refractivity contribution in [1.29, 1.82) is 0 Å². The van der Waals surface area contributed by atoms with Crippen LogP contribution < -0.4 is 30.5 Å². The summed E-state index contributed by atoms with van der Waals surface area (Å²) in [6, 6.07) is 8.54. The Morgan fingerprint density at radius 1 is 1.21 bits per heavy atom. The third-order valence-electron chi connectivity index (χ3n) is 4.39. The number of carbonyl (C=O) groups excluding carboxylic acids is 1. The standard InChI is InChI=1S/C9H17NOSi.C9H7.2ClH.Ti/c1-12(2)8-6-4-3-5-7(8)9(10)11;1-2-5-9-7-3-6-8(9)4-1;;;/h7H,3-6H2,1-2H3,(H2,10,11);1-7H;2*1H;/q;;;;+2/p-2. The summed E-state index contributed by atoms with van der Waals surface area (Å²) in [5.41, 5.74) is 8.20. The van der Waals surface area contributed by atoms with E-state index >= 15 is 0 Å². The van der Waals surface area contributed by atoms with Gasteiger partial charge in [-0.05, 0) is 19.3 Å². The maximum atomic E-state index is 11.1. The van der Waals surface area contributed by atoms with Crippen molar-refractivity contribution in [2.75, 3.05) is 0 Å². The van der Waals surface area contributed by atoms with Gasteiger partial charge >= 0.3 is 72.2 Å². The Bertz CT molecular complexity index is 615. The van der Waals surface area contributed by atoms with Crippen molar-refractivity contribution in [3.05, 3.63) is 41.5 Å². The molecule has 6 heteroatoms. The van der Waals surface area contributed by atoms with Crippen molar-refractivity contribution in [1.82, 2.24) is 0 Å². The average Bonchev–Trinajstić information content (AvgIpc) is 2.90. The van der Waals surface area contributed by atoms with Crippen LogP contribution >= 0.6 is 0 Å². The predicted molar refractivity (Wildman–Crippen MR) is 91.9 cm³/mol. The predicted octanol–water partition coefficient (Wildman–Crippen LogP) is -2.52. The molecule has 0 saturated heterocycles. The zero-order chi connectivity index (χ0) is 16.1. The Labute approximate surface area is 171 Å². The molecule has 1 aromatic carbocycles. The second-order valence-corrected chi connectivity index (χ2v) is 9.81. The minimum absolute atomic E-state index is 0. The van der Waals surface area contributed by atoms with E-state index in [1.165, 1.54) is 29.1 Å². The van der Waals surface area contributed by atoms with Gasteiger partial charge in [0.05, 0.1) is 5.92 Å². The Kier molecular flexibility index (Phi) is 11.3. The van der Waals surface area contributed by atoms with E-state index in [9.17, 15) is 4.79 Å². The van der Waals surface area contributed by atoms with Crippen LogP contribution in [0.5, 0.6) is 0 Å². The fraction of sp³-hybridized carbons (Fsp3) is 0.444. The van der Waals surface area contributed by atoms with Crippen molar-refractivity contribution in [2.45, 2.75) is 43.0 Å². The molecule has 3 rings (SSSR count). The molecule has 1 aromatic rings. The number of primary amides is 1.